The molecule has 1 saturated heterocycles. The fourth-order valence-corrected chi connectivity index (χ4v) is 2.35. The molecule has 84 valence electrons. The molecule has 1 aliphatic heterocycles. The molecule has 15 heavy (non-hydrogen) atoms. The number of hydrogen-bond acceptors (Lipinski definition) is 2. The molecule has 3 heteroatoms. The van der Waals surface area contributed by atoms with Gasteiger partial charge in [0.25, 0.3) is 0 Å². The van der Waals surface area contributed by atoms with Gasteiger partial charge in [0, 0.05) is 25.4 Å². The molecule has 0 aromatic carbocycles. The van der Waals surface area contributed by atoms with Gasteiger partial charge in [0.15, 0.2) is 0 Å². The summed E-state index contributed by atoms with van der Waals surface area (Å²) >= 11 is 0. The molecule has 0 aliphatic carbocycles. The van der Waals surface area contributed by atoms with Crippen LogP contribution in [0.4, 0.5) is 0 Å². The van der Waals surface area contributed by atoms with Gasteiger partial charge in [-0.1, -0.05) is 6.92 Å². The molecule has 1 aliphatic rings. The Balaban J connectivity index is 1.81. The van der Waals surface area contributed by atoms with Crippen LogP contribution >= 0.6 is 0 Å². The Labute approximate surface area is 91.9 Å². The smallest absolute Gasteiger partial charge is 0.108 e. The highest BCUT2D eigenvalue weighted by Gasteiger charge is 2.13. The zero-order valence-electron chi connectivity index (χ0n) is 9.58. The number of rotatable bonds is 4. The lowest BCUT2D eigenvalue weighted by molar-refractivity contribution is 0.336. The summed E-state index contributed by atoms with van der Waals surface area (Å²) in [6.45, 7) is 5.72. The van der Waals surface area contributed by atoms with Crippen LogP contribution in [-0.4, -0.2) is 22.6 Å². The monoisotopic (exact) mass is 207 g/mol. The second-order valence-electron chi connectivity index (χ2n) is 4.37. The Hall–Kier alpha value is -0.830. The average molecular weight is 207 g/mol. The molecule has 1 fully saturated rings. The van der Waals surface area contributed by atoms with Gasteiger partial charge in [-0.3, -0.25) is 0 Å². The Bertz CT molecular complexity index is 287. The van der Waals surface area contributed by atoms with E-state index < -0.39 is 0 Å². The average Bonchev–Trinajstić information content (AvgIpc) is 2.75. The van der Waals surface area contributed by atoms with Crippen molar-refractivity contribution in [1.29, 1.82) is 0 Å². The maximum absolute atomic E-state index is 4.35. The molecule has 2 heterocycles. The van der Waals surface area contributed by atoms with Gasteiger partial charge in [0.05, 0.1) is 0 Å². The maximum atomic E-state index is 4.35. The van der Waals surface area contributed by atoms with Crippen LogP contribution in [0.15, 0.2) is 12.4 Å². The Morgan fingerprint density at radius 2 is 2.27 bits per heavy atom. The van der Waals surface area contributed by atoms with E-state index in [9.17, 15) is 0 Å². The molecule has 0 radical (unpaired) electrons. The molecule has 0 unspecified atom stereocenters. The van der Waals surface area contributed by atoms with Crippen molar-refractivity contribution < 1.29 is 0 Å². The Morgan fingerprint density at radius 1 is 1.47 bits per heavy atom. The first-order valence-corrected chi connectivity index (χ1v) is 6.11. The third kappa shape index (κ3) is 2.81. The van der Waals surface area contributed by atoms with E-state index in [1.54, 1.807) is 0 Å². The topological polar surface area (TPSA) is 29.9 Å². The number of nitrogens with zero attached hydrogens (tertiary/aromatic N) is 2. The van der Waals surface area contributed by atoms with E-state index in [4.69, 9.17) is 0 Å². The van der Waals surface area contributed by atoms with E-state index >= 15 is 0 Å². The van der Waals surface area contributed by atoms with E-state index in [2.05, 4.69) is 28.0 Å². The molecule has 1 N–H and O–H groups in total. The summed E-state index contributed by atoms with van der Waals surface area (Å²) < 4.78 is 2.31. The van der Waals surface area contributed by atoms with E-state index in [0.717, 1.165) is 18.9 Å². The molecule has 0 bridgehead atoms. The highest BCUT2D eigenvalue weighted by molar-refractivity contribution is 4.91. The highest BCUT2D eigenvalue weighted by Crippen LogP contribution is 2.17. The number of hydrogen-bond donors (Lipinski definition) is 1. The molecule has 0 atom stereocenters. The van der Waals surface area contributed by atoms with Crippen LogP contribution in [0.25, 0.3) is 0 Å². The zero-order valence-corrected chi connectivity index (χ0v) is 9.58. The van der Waals surface area contributed by atoms with Gasteiger partial charge in [0.2, 0.25) is 0 Å². The normalized spacial score (nSPS) is 18.2. The third-order valence-electron chi connectivity index (χ3n) is 3.35. The van der Waals surface area contributed by atoms with E-state index in [0.29, 0.717) is 0 Å². The summed E-state index contributed by atoms with van der Waals surface area (Å²) in [5, 5.41) is 3.41. The third-order valence-corrected chi connectivity index (χ3v) is 3.35. The zero-order chi connectivity index (χ0) is 10.5. The van der Waals surface area contributed by atoms with Crippen LogP contribution in [0.3, 0.4) is 0 Å². The summed E-state index contributed by atoms with van der Waals surface area (Å²) in [6, 6.07) is 0. The fraction of sp³-hybridized carbons (Fsp3) is 0.750. The Kier molecular flexibility index (Phi) is 3.78. The quantitative estimate of drug-likeness (QED) is 0.816. The van der Waals surface area contributed by atoms with E-state index in [1.807, 2.05) is 6.20 Å². The van der Waals surface area contributed by atoms with Gasteiger partial charge in [-0.25, -0.2) is 4.98 Å². The summed E-state index contributed by atoms with van der Waals surface area (Å²) in [4.78, 5) is 4.35. The number of imidazole rings is 1. The summed E-state index contributed by atoms with van der Waals surface area (Å²) in [7, 11) is 0. The predicted octanol–water partition coefficient (Wildman–Crippen LogP) is 1.84. The first kappa shape index (κ1) is 10.7. The van der Waals surface area contributed by atoms with Crippen LogP contribution in [0.5, 0.6) is 0 Å². The van der Waals surface area contributed by atoms with Gasteiger partial charge in [0.1, 0.15) is 5.82 Å². The van der Waals surface area contributed by atoms with Crippen molar-refractivity contribution in [3.05, 3.63) is 18.2 Å². The van der Waals surface area contributed by atoms with Crippen molar-refractivity contribution in [2.45, 2.75) is 39.2 Å². The van der Waals surface area contributed by atoms with Crippen molar-refractivity contribution >= 4 is 0 Å². The van der Waals surface area contributed by atoms with Crippen LogP contribution < -0.4 is 5.32 Å². The van der Waals surface area contributed by atoms with Crippen molar-refractivity contribution in [2.75, 3.05) is 13.1 Å². The SMILES string of the molecule is CCc1nccn1CCC1CCNCC1. The lowest BCUT2D eigenvalue weighted by Crippen LogP contribution is -2.28. The minimum atomic E-state index is 0.915. The van der Waals surface area contributed by atoms with Crippen molar-refractivity contribution in [2.24, 2.45) is 5.92 Å². The van der Waals surface area contributed by atoms with Crippen LogP contribution in [0.1, 0.15) is 32.0 Å². The second kappa shape index (κ2) is 5.31. The summed E-state index contributed by atoms with van der Waals surface area (Å²) in [5.41, 5.74) is 0. The molecular weight excluding hydrogens is 186 g/mol. The number of piperidine rings is 1. The van der Waals surface area contributed by atoms with Gasteiger partial charge < -0.3 is 9.88 Å². The highest BCUT2D eigenvalue weighted by atomic mass is 15.1. The molecule has 0 saturated carbocycles. The van der Waals surface area contributed by atoms with E-state index in [-0.39, 0.29) is 0 Å². The maximum Gasteiger partial charge on any atom is 0.108 e. The lowest BCUT2D eigenvalue weighted by Gasteiger charge is -2.22. The van der Waals surface area contributed by atoms with Gasteiger partial charge in [-0.05, 0) is 38.3 Å². The van der Waals surface area contributed by atoms with Crippen molar-refractivity contribution in [1.82, 2.24) is 14.9 Å². The molecule has 1 aromatic heterocycles. The lowest BCUT2D eigenvalue weighted by atomic mass is 9.95. The second-order valence-corrected chi connectivity index (χ2v) is 4.37. The predicted molar refractivity (Wildman–Crippen MR) is 61.8 cm³/mol. The van der Waals surface area contributed by atoms with E-state index in [1.165, 1.54) is 38.2 Å². The molecule has 0 spiro atoms. The standard InChI is InChI=1S/C12H21N3/c1-2-12-14-8-10-15(12)9-5-11-3-6-13-7-4-11/h8,10-11,13H,2-7,9H2,1H3. The Morgan fingerprint density at radius 3 is 3.00 bits per heavy atom. The van der Waals surface area contributed by atoms with Crippen LogP contribution in [0.2, 0.25) is 0 Å². The number of aryl methyl sites for hydroxylation is 2. The first-order valence-electron chi connectivity index (χ1n) is 6.11. The van der Waals surface area contributed by atoms with Gasteiger partial charge in [-0.2, -0.15) is 0 Å². The number of aromatic nitrogens is 2. The van der Waals surface area contributed by atoms with Crippen molar-refractivity contribution in [3.8, 4) is 0 Å². The van der Waals surface area contributed by atoms with Crippen LogP contribution in [-0.2, 0) is 13.0 Å². The molecule has 0 amide bonds. The van der Waals surface area contributed by atoms with Gasteiger partial charge >= 0.3 is 0 Å². The van der Waals surface area contributed by atoms with Gasteiger partial charge in [-0.15, -0.1) is 0 Å². The minimum absolute atomic E-state index is 0.915. The largest absolute Gasteiger partial charge is 0.335 e. The summed E-state index contributed by atoms with van der Waals surface area (Å²) in [6.07, 6.45) is 9.07. The summed E-state index contributed by atoms with van der Waals surface area (Å²) in [5.74, 6) is 2.14. The molecule has 1 aromatic rings. The molecular formula is C12H21N3. The molecule has 3 nitrogen and oxygen atoms in total. The number of nitrogens with one attached hydrogen (secondary N) is 1. The fourth-order valence-electron chi connectivity index (χ4n) is 2.35. The van der Waals surface area contributed by atoms with Crippen molar-refractivity contribution in [3.63, 3.8) is 0 Å². The molecule has 2 rings (SSSR count). The minimum Gasteiger partial charge on any atom is -0.335 e. The first-order chi connectivity index (χ1) is 7.40. The van der Waals surface area contributed by atoms with Crippen LogP contribution in [0, 0.1) is 5.92 Å².